The number of nitrogens with zero attached hydrogens (tertiary/aromatic N) is 2. The predicted octanol–water partition coefficient (Wildman–Crippen LogP) is -0.0322. The topological polar surface area (TPSA) is 118 Å². The van der Waals surface area contributed by atoms with Crippen LogP contribution in [-0.2, 0) is 4.79 Å². The lowest BCUT2D eigenvalue weighted by molar-refractivity contribution is -0.143. The van der Waals surface area contributed by atoms with E-state index >= 15 is 0 Å². The summed E-state index contributed by atoms with van der Waals surface area (Å²) in [4.78, 5) is 35.2. The van der Waals surface area contributed by atoms with Crippen molar-refractivity contribution in [2.24, 2.45) is 5.92 Å². The first kappa shape index (κ1) is 12.2. The Morgan fingerprint density at radius 2 is 1.67 bits per heavy atom. The first-order valence-electron chi connectivity index (χ1n) is 5.32. The highest BCUT2D eigenvalue weighted by Crippen LogP contribution is 2.28. The molecule has 0 aromatic carbocycles. The summed E-state index contributed by atoms with van der Waals surface area (Å²) in [6.07, 6.45) is 0.481. The van der Waals surface area contributed by atoms with E-state index in [2.05, 4.69) is 0 Å². The Kier molecular flexibility index (Phi) is 2.85. The molecular weight excluding hydrogens is 244 g/mol. The Morgan fingerprint density at radius 3 is 2.17 bits per heavy atom. The van der Waals surface area contributed by atoms with Crippen LogP contribution in [0, 0.1) is 5.92 Å². The Labute approximate surface area is 102 Å². The van der Waals surface area contributed by atoms with Gasteiger partial charge in [0.25, 0.3) is 0 Å². The van der Waals surface area contributed by atoms with E-state index in [9.17, 15) is 14.4 Å². The van der Waals surface area contributed by atoms with E-state index in [1.165, 1.54) is 12.2 Å². The molecule has 8 heteroatoms. The van der Waals surface area contributed by atoms with Gasteiger partial charge in [-0.25, -0.2) is 9.59 Å². The molecular formula is C10H12N2O6. The molecule has 0 saturated carbocycles. The van der Waals surface area contributed by atoms with Crippen molar-refractivity contribution >= 4 is 18.2 Å². The maximum atomic E-state index is 11.1. The molecule has 2 heterocycles. The number of aliphatic carboxylic acids is 1. The second kappa shape index (κ2) is 4.21. The van der Waals surface area contributed by atoms with Crippen LogP contribution in [0.25, 0.3) is 0 Å². The minimum absolute atomic E-state index is 0.0287. The third-order valence-electron chi connectivity index (χ3n) is 3.26. The molecule has 98 valence electrons. The lowest BCUT2D eigenvalue weighted by Gasteiger charge is -2.47. The summed E-state index contributed by atoms with van der Waals surface area (Å²) < 4.78 is 0. The van der Waals surface area contributed by atoms with Gasteiger partial charge in [0.05, 0.1) is 18.0 Å². The number of hydrogen-bond donors (Lipinski definition) is 3. The highest BCUT2D eigenvalue weighted by Gasteiger charge is 2.46. The van der Waals surface area contributed by atoms with Crippen LogP contribution in [0.15, 0.2) is 12.2 Å². The molecule has 0 radical (unpaired) electrons. The number of carboxylic acid groups (broad SMARTS) is 3. The van der Waals surface area contributed by atoms with Crippen LogP contribution in [0.5, 0.6) is 0 Å². The summed E-state index contributed by atoms with van der Waals surface area (Å²) >= 11 is 0. The van der Waals surface area contributed by atoms with E-state index < -0.39 is 36.2 Å². The molecule has 8 nitrogen and oxygen atoms in total. The van der Waals surface area contributed by atoms with Crippen molar-refractivity contribution in [1.82, 2.24) is 9.80 Å². The Morgan fingerprint density at radius 1 is 1.00 bits per heavy atom. The largest absolute Gasteiger partial charge is 0.481 e. The van der Waals surface area contributed by atoms with Crippen LogP contribution in [0.1, 0.15) is 0 Å². The van der Waals surface area contributed by atoms with Crippen LogP contribution >= 0.6 is 0 Å². The van der Waals surface area contributed by atoms with E-state index in [-0.39, 0.29) is 13.1 Å². The zero-order valence-corrected chi connectivity index (χ0v) is 9.26. The lowest BCUT2D eigenvalue weighted by Crippen LogP contribution is -2.65. The van der Waals surface area contributed by atoms with Gasteiger partial charge in [0.1, 0.15) is 0 Å². The maximum Gasteiger partial charge on any atom is 0.408 e. The van der Waals surface area contributed by atoms with E-state index in [4.69, 9.17) is 15.3 Å². The first-order chi connectivity index (χ1) is 8.41. The van der Waals surface area contributed by atoms with Gasteiger partial charge >= 0.3 is 18.2 Å². The third kappa shape index (κ3) is 1.85. The summed E-state index contributed by atoms with van der Waals surface area (Å²) in [6.45, 7) is -0.0968. The molecule has 18 heavy (non-hydrogen) atoms. The number of rotatable bonds is 1. The molecule has 3 unspecified atom stereocenters. The van der Waals surface area contributed by atoms with Crippen LogP contribution in [0.2, 0.25) is 0 Å². The zero-order chi connectivity index (χ0) is 13.4. The van der Waals surface area contributed by atoms with Crippen molar-refractivity contribution in [3.8, 4) is 0 Å². The quantitative estimate of drug-likeness (QED) is 0.567. The summed E-state index contributed by atoms with van der Waals surface area (Å²) in [5, 5.41) is 27.1. The van der Waals surface area contributed by atoms with Crippen molar-refractivity contribution in [2.45, 2.75) is 12.1 Å². The minimum Gasteiger partial charge on any atom is -0.481 e. The minimum atomic E-state index is -1.23. The average Bonchev–Trinajstić information content (AvgIpc) is 2.26. The standard InChI is InChI=1S/C10H12N2O6/c13-8(14)6-2-1-5-3-11(9(15)16)4-7(6)12(5)10(17)18/h1-2,5-7H,3-4H2,(H,13,14)(H,15,16)(H,17,18). The van der Waals surface area contributed by atoms with Crippen molar-refractivity contribution in [1.29, 1.82) is 0 Å². The molecule has 2 rings (SSSR count). The molecule has 0 aliphatic carbocycles. The first-order valence-corrected chi connectivity index (χ1v) is 5.32. The maximum absolute atomic E-state index is 11.1. The molecule has 0 aromatic heterocycles. The van der Waals surface area contributed by atoms with Crippen molar-refractivity contribution in [3.05, 3.63) is 12.2 Å². The number of carbonyl (C=O) groups is 3. The van der Waals surface area contributed by atoms with Gasteiger partial charge in [-0.2, -0.15) is 0 Å². The average molecular weight is 256 g/mol. The van der Waals surface area contributed by atoms with Gasteiger partial charge in [0, 0.05) is 13.1 Å². The van der Waals surface area contributed by atoms with E-state index in [1.807, 2.05) is 0 Å². The Balaban J connectivity index is 2.34. The fraction of sp³-hybridized carbons (Fsp3) is 0.500. The number of fused-ring (bicyclic) bond motifs is 2. The molecule has 3 atom stereocenters. The van der Waals surface area contributed by atoms with Gasteiger partial charge < -0.3 is 20.2 Å². The predicted molar refractivity (Wildman–Crippen MR) is 57.3 cm³/mol. The second-order valence-electron chi connectivity index (χ2n) is 4.26. The monoisotopic (exact) mass is 256 g/mol. The molecule has 3 N–H and O–H groups in total. The van der Waals surface area contributed by atoms with Gasteiger partial charge in [0.2, 0.25) is 0 Å². The normalized spacial score (nSPS) is 30.1. The summed E-state index contributed by atoms with van der Waals surface area (Å²) in [5.41, 5.74) is 0. The number of amides is 2. The van der Waals surface area contributed by atoms with Crippen molar-refractivity contribution < 1.29 is 29.7 Å². The third-order valence-corrected chi connectivity index (χ3v) is 3.26. The van der Waals surface area contributed by atoms with Gasteiger partial charge in [-0.15, -0.1) is 0 Å². The summed E-state index contributed by atoms with van der Waals surface area (Å²) in [6, 6.07) is -1.49. The fourth-order valence-electron chi connectivity index (χ4n) is 2.45. The van der Waals surface area contributed by atoms with Gasteiger partial charge in [-0.3, -0.25) is 9.69 Å². The highest BCUT2D eigenvalue weighted by molar-refractivity contribution is 5.77. The van der Waals surface area contributed by atoms with Crippen LogP contribution in [0.4, 0.5) is 9.59 Å². The SMILES string of the molecule is O=C(O)C1C=CC2CN(C(=O)O)CC1N2C(=O)O. The van der Waals surface area contributed by atoms with Gasteiger partial charge in [-0.05, 0) is 0 Å². The molecule has 2 aliphatic rings. The van der Waals surface area contributed by atoms with Crippen LogP contribution in [-0.4, -0.2) is 68.4 Å². The summed E-state index contributed by atoms with van der Waals surface area (Å²) in [7, 11) is 0. The molecule has 1 fully saturated rings. The highest BCUT2D eigenvalue weighted by atomic mass is 16.4. The van der Waals surface area contributed by atoms with E-state index in [0.717, 1.165) is 9.80 Å². The van der Waals surface area contributed by atoms with Crippen molar-refractivity contribution in [2.75, 3.05) is 13.1 Å². The molecule has 2 aliphatic heterocycles. The number of carboxylic acids is 1. The van der Waals surface area contributed by atoms with Gasteiger partial charge in [0.15, 0.2) is 0 Å². The number of hydrogen-bond acceptors (Lipinski definition) is 3. The number of piperazine rings is 1. The zero-order valence-electron chi connectivity index (χ0n) is 9.26. The molecule has 0 aromatic rings. The fourth-order valence-corrected chi connectivity index (χ4v) is 2.45. The lowest BCUT2D eigenvalue weighted by atomic mass is 9.88. The molecule has 2 bridgehead atoms. The summed E-state index contributed by atoms with van der Waals surface area (Å²) in [5.74, 6) is -2.17. The molecule has 2 amide bonds. The second-order valence-corrected chi connectivity index (χ2v) is 4.26. The molecule has 1 saturated heterocycles. The van der Waals surface area contributed by atoms with Gasteiger partial charge in [-0.1, -0.05) is 12.2 Å². The molecule has 0 spiro atoms. The van der Waals surface area contributed by atoms with Crippen LogP contribution in [0.3, 0.4) is 0 Å². The Bertz CT molecular complexity index is 434. The van der Waals surface area contributed by atoms with E-state index in [1.54, 1.807) is 0 Å². The van der Waals surface area contributed by atoms with Crippen LogP contribution < -0.4 is 0 Å². The van der Waals surface area contributed by atoms with E-state index in [0.29, 0.717) is 0 Å². The Hall–Kier alpha value is -2.25. The smallest absolute Gasteiger partial charge is 0.408 e. The van der Waals surface area contributed by atoms with Crippen molar-refractivity contribution in [3.63, 3.8) is 0 Å².